The molecule has 1 atom stereocenters. The van der Waals surface area contributed by atoms with Crippen LogP contribution in [0.1, 0.15) is 46.0 Å². The Morgan fingerprint density at radius 2 is 2.05 bits per heavy atom. The van der Waals surface area contributed by atoms with Crippen LogP contribution >= 0.6 is 0 Å². The Morgan fingerprint density at radius 1 is 1.40 bits per heavy atom. The normalized spacial score (nSPS) is 19.1. The number of hydrogen-bond acceptors (Lipinski definition) is 4. The molecule has 0 radical (unpaired) electrons. The Kier molecular flexibility index (Phi) is 7.36. The molecule has 1 fully saturated rings. The molecule has 0 aromatic rings. The highest BCUT2D eigenvalue weighted by Gasteiger charge is 2.26. The smallest absolute Gasteiger partial charge is 0.231 e. The maximum Gasteiger partial charge on any atom is 0.231 e. The minimum atomic E-state index is -0.602. The Labute approximate surface area is 120 Å². The molecule has 1 aliphatic carbocycles. The van der Waals surface area contributed by atoms with Crippen LogP contribution in [0, 0.1) is 11.8 Å². The van der Waals surface area contributed by atoms with E-state index in [-0.39, 0.29) is 17.7 Å². The molecule has 0 aliphatic heterocycles. The van der Waals surface area contributed by atoms with Crippen molar-refractivity contribution in [2.24, 2.45) is 22.7 Å². The highest BCUT2D eigenvalue weighted by molar-refractivity contribution is 6.02. The second kappa shape index (κ2) is 8.79. The van der Waals surface area contributed by atoms with Crippen molar-refractivity contribution < 1.29 is 14.7 Å². The van der Waals surface area contributed by atoms with Crippen LogP contribution in [0.4, 0.5) is 0 Å². The van der Waals surface area contributed by atoms with Gasteiger partial charge in [-0.05, 0) is 18.8 Å². The average Bonchev–Trinajstić information content (AvgIpc) is 2.44. The van der Waals surface area contributed by atoms with Gasteiger partial charge in [0, 0.05) is 6.54 Å². The highest BCUT2D eigenvalue weighted by atomic mass is 16.5. The molecular formula is C14H27N3O3. The number of carbonyl (C=O) groups excluding carboxylic acids is 1. The van der Waals surface area contributed by atoms with Crippen LogP contribution in [-0.2, 0) is 9.53 Å². The first-order valence-electron chi connectivity index (χ1n) is 7.43. The number of oxime groups is 1. The van der Waals surface area contributed by atoms with E-state index < -0.39 is 5.92 Å². The predicted octanol–water partition coefficient (Wildman–Crippen LogP) is 1.47. The molecule has 116 valence electrons. The monoisotopic (exact) mass is 285 g/mol. The van der Waals surface area contributed by atoms with Crippen molar-refractivity contribution in [2.75, 3.05) is 13.2 Å². The van der Waals surface area contributed by atoms with Gasteiger partial charge < -0.3 is 21.0 Å². The van der Waals surface area contributed by atoms with Crippen LogP contribution in [-0.4, -0.2) is 36.2 Å². The molecule has 1 rings (SSSR count). The first-order valence-corrected chi connectivity index (χ1v) is 7.43. The first kappa shape index (κ1) is 16.8. The van der Waals surface area contributed by atoms with Crippen molar-refractivity contribution in [3.8, 4) is 0 Å². The van der Waals surface area contributed by atoms with Gasteiger partial charge in [-0.1, -0.05) is 38.3 Å². The quantitative estimate of drug-likeness (QED) is 0.217. The van der Waals surface area contributed by atoms with E-state index in [0.29, 0.717) is 19.3 Å². The molecule has 1 amide bonds. The lowest BCUT2D eigenvalue weighted by Gasteiger charge is -2.23. The van der Waals surface area contributed by atoms with Crippen LogP contribution in [0.3, 0.4) is 0 Å². The summed E-state index contributed by atoms with van der Waals surface area (Å²) in [6.07, 6.45) is 6.34. The Balaban J connectivity index is 2.27. The summed E-state index contributed by atoms with van der Waals surface area (Å²) in [6, 6.07) is 0. The number of rotatable bonds is 7. The van der Waals surface area contributed by atoms with Crippen molar-refractivity contribution in [1.82, 2.24) is 5.32 Å². The maximum atomic E-state index is 12.0. The summed E-state index contributed by atoms with van der Waals surface area (Å²) in [7, 11) is 0. The second-order valence-corrected chi connectivity index (χ2v) is 5.67. The van der Waals surface area contributed by atoms with Crippen LogP contribution in [0.5, 0.6) is 0 Å². The van der Waals surface area contributed by atoms with E-state index >= 15 is 0 Å². The van der Waals surface area contributed by atoms with Crippen LogP contribution in [0.15, 0.2) is 5.16 Å². The minimum Gasteiger partial charge on any atom is -0.409 e. The van der Waals surface area contributed by atoms with Crippen molar-refractivity contribution in [3.05, 3.63) is 0 Å². The number of carbonyl (C=O) groups is 1. The largest absolute Gasteiger partial charge is 0.409 e. The van der Waals surface area contributed by atoms with E-state index in [0.717, 1.165) is 12.8 Å². The molecule has 0 spiro atoms. The molecule has 6 heteroatoms. The number of ether oxygens (including phenoxy) is 1. The number of amidine groups is 1. The summed E-state index contributed by atoms with van der Waals surface area (Å²) in [4.78, 5) is 12.0. The average molecular weight is 285 g/mol. The van der Waals surface area contributed by atoms with Crippen molar-refractivity contribution >= 4 is 11.7 Å². The number of hydrogen-bond donors (Lipinski definition) is 3. The molecule has 0 aromatic carbocycles. The molecule has 20 heavy (non-hydrogen) atoms. The van der Waals surface area contributed by atoms with Gasteiger partial charge in [0.2, 0.25) is 5.91 Å². The fraction of sp³-hybridized carbons (Fsp3) is 0.857. The zero-order chi connectivity index (χ0) is 15.0. The third-order valence-electron chi connectivity index (χ3n) is 3.69. The number of nitrogens with two attached hydrogens (primary N) is 1. The molecule has 0 saturated heterocycles. The molecule has 1 saturated carbocycles. The second-order valence-electron chi connectivity index (χ2n) is 5.67. The van der Waals surface area contributed by atoms with Gasteiger partial charge >= 0.3 is 0 Å². The fourth-order valence-electron chi connectivity index (χ4n) is 2.58. The third-order valence-corrected chi connectivity index (χ3v) is 3.69. The lowest BCUT2D eigenvalue weighted by atomic mass is 9.94. The lowest BCUT2D eigenvalue weighted by Crippen LogP contribution is -2.43. The van der Waals surface area contributed by atoms with E-state index in [2.05, 4.69) is 10.5 Å². The molecule has 0 heterocycles. The Morgan fingerprint density at radius 3 is 2.60 bits per heavy atom. The van der Waals surface area contributed by atoms with Gasteiger partial charge in [-0.15, -0.1) is 0 Å². The van der Waals surface area contributed by atoms with E-state index in [1.165, 1.54) is 19.3 Å². The molecule has 0 bridgehead atoms. The van der Waals surface area contributed by atoms with Gasteiger partial charge in [-0.3, -0.25) is 4.79 Å². The predicted molar refractivity (Wildman–Crippen MR) is 77.6 cm³/mol. The topological polar surface area (TPSA) is 96.9 Å². The zero-order valence-electron chi connectivity index (χ0n) is 12.5. The van der Waals surface area contributed by atoms with Crippen molar-refractivity contribution in [1.29, 1.82) is 0 Å². The van der Waals surface area contributed by atoms with Gasteiger partial charge in [0.15, 0.2) is 5.84 Å². The Bertz CT molecular complexity index is 326. The molecule has 1 unspecified atom stereocenters. The van der Waals surface area contributed by atoms with Gasteiger partial charge in [0.25, 0.3) is 0 Å². The number of nitrogens with zero attached hydrogens (tertiary/aromatic N) is 1. The van der Waals surface area contributed by atoms with E-state index in [9.17, 15) is 4.79 Å². The zero-order valence-corrected chi connectivity index (χ0v) is 12.5. The van der Waals surface area contributed by atoms with E-state index in [1.54, 1.807) is 0 Å². The van der Waals surface area contributed by atoms with E-state index in [4.69, 9.17) is 15.7 Å². The summed E-state index contributed by atoms with van der Waals surface area (Å²) in [5.74, 6) is -0.895. The van der Waals surface area contributed by atoms with Crippen molar-refractivity contribution in [2.45, 2.75) is 52.1 Å². The van der Waals surface area contributed by atoms with Crippen LogP contribution in [0.25, 0.3) is 0 Å². The van der Waals surface area contributed by atoms with Gasteiger partial charge in [0.05, 0.1) is 12.7 Å². The SMILES string of the molecule is CC(C)C(C(=O)NCCOC1CCCCC1)C(N)=NO. The minimum absolute atomic E-state index is 0.0230. The third kappa shape index (κ3) is 5.36. The summed E-state index contributed by atoms with van der Waals surface area (Å²) in [5, 5.41) is 14.4. The summed E-state index contributed by atoms with van der Waals surface area (Å²) < 4.78 is 5.73. The first-order chi connectivity index (χ1) is 9.56. The summed E-state index contributed by atoms with van der Waals surface area (Å²) >= 11 is 0. The van der Waals surface area contributed by atoms with Gasteiger partial charge in [-0.2, -0.15) is 0 Å². The molecule has 4 N–H and O–H groups in total. The molecule has 6 nitrogen and oxygen atoms in total. The lowest BCUT2D eigenvalue weighted by molar-refractivity contribution is -0.124. The van der Waals surface area contributed by atoms with E-state index in [1.807, 2.05) is 13.8 Å². The number of nitrogens with one attached hydrogen (secondary N) is 1. The van der Waals surface area contributed by atoms with Gasteiger partial charge in [-0.25, -0.2) is 0 Å². The molecule has 1 aliphatic rings. The van der Waals surface area contributed by atoms with Crippen LogP contribution in [0.2, 0.25) is 0 Å². The molecule has 0 aromatic heterocycles. The fourth-order valence-corrected chi connectivity index (χ4v) is 2.58. The summed E-state index contributed by atoms with van der Waals surface area (Å²) in [5.41, 5.74) is 5.55. The molecular weight excluding hydrogens is 258 g/mol. The van der Waals surface area contributed by atoms with Gasteiger partial charge in [0.1, 0.15) is 5.92 Å². The maximum absolute atomic E-state index is 12.0. The Hall–Kier alpha value is -1.30. The summed E-state index contributed by atoms with van der Waals surface area (Å²) in [6.45, 7) is 4.69. The van der Waals surface area contributed by atoms with Crippen molar-refractivity contribution in [3.63, 3.8) is 0 Å². The highest BCUT2D eigenvalue weighted by Crippen LogP contribution is 2.19. The number of amides is 1. The van der Waals surface area contributed by atoms with Crippen LogP contribution < -0.4 is 11.1 Å². The standard InChI is InChI=1S/C14H27N3O3/c1-10(2)12(13(15)17-19)14(18)16-8-9-20-11-6-4-3-5-7-11/h10-12,19H,3-9H2,1-2H3,(H2,15,17)(H,16,18).